The van der Waals surface area contributed by atoms with Crippen LogP contribution in [0.25, 0.3) is 0 Å². The number of amides is 1. The number of nitrogen functional groups attached to an aromatic ring is 1. The molecule has 24 heavy (non-hydrogen) atoms. The lowest BCUT2D eigenvalue weighted by Gasteiger charge is -2.15. The number of hydrogen-bond donors (Lipinski definition) is 2. The van der Waals surface area contributed by atoms with E-state index in [4.69, 9.17) is 33.7 Å². The number of rotatable bonds is 4. The van der Waals surface area contributed by atoms with Gasteiger partial charge in [0, 0.05) is 21.4 Å². The molecule has 2 aromatic rings. The van der Waals surface area contributed by atoms with E-state index in [2.05, 4.69) is 5.32 Å². The average Bonchev–Trinajstić information content (AvgIpc) is 2.50. The van der Waals surface area contributed by atoms with Gasteiger partial charge in [-0.3, -0.25) is 4.79 Å². The molecule has 2 aromatic carbocycles. The normalized spacial score (nSPS) is 11.7. The number of benzene rings is 2. The molecule has 1 amide bonds. The van der Waals surface area contributed by atoms with Gasteiger partial charge in [-0.1, -0.05) is 29.3 Å². The lowest BCUT2D eigenvalue weighted by atomic mass is 10.2. The monoisotopic (exact) mass is 366 g/mol. The van der Waals surface area contributed by atoms with Crippen LogP contribution in [-0.2, 0) is 9.53 Å². The smallest absolute Gasteiger partial charge is 0.341 e. The molecule has 0 aliphatic rings. The molecule has 2 rings (SSSR count). The van der Waals surface area contributed by atoms with E-state index in [1.165, 1.54) is 25.1 Å². The SMILES string of the molecule is Cc1ccc(Cl)cc1NC(=O)[C@@H](C)OC(=O)c1ccc(Cl)cc1N. The number of nitrogens with one attached hydrogen (secondary N) is 1. The number of aryl methyl sites for hydroxylation is 1. The molecule has 0 saturated heterocycles. The molecule has 0 radical (unpaired) electrons. The van der Waals surface area contributed by atoms with E-state index in [1.807, 2.05) is 6.92 Å². The van der Waals surface area contributed by atoms with Gasteiger partial charge in [0.2, 0.25) is 0 Å². The Morgan fingerprint density at radius 3 is 2.42 bits per heavy atom. The minimum atomic E-state index is -1.01. The second kappa shape index (κ2) is 7.55. The molecule has 3 N–H and O–H groups in total. The molecule has 5 nitrogen and oxygen atoms in total. The average molecular weight is 367 g/mol. The maximum absolute atomic E-state index is 12.2. The number of esters is 1. The highest BCUT2D eigenvalue weighted by Gasteiger charge is 2.21. The number of carbonyl (C=O) groups excluding carboxylic acids is 2. The third kappa shape index (κ3) is 4.40. The fraction of sp³-hybridized carbons (Fsp3) is 0.176. The number of hydrogen-bond acceptors (Lipinski definition) is 4. The highest BCUT2D eigenvalue weighted by molar-refractivity contribution is 6.31. The summed E-state index contributed by atoms with van der Waals surface area (Å²) >= 11 is 11.7. The minimum Gasteiger partial charge on any atom is -0.449 e. The maximum Gasteiger partial charge on any atom is 0.341 e. The first-order valence-corrected chi connectivity index (χ1v) is 7.86. The summed E-state index contributed by atoms with van der Waals surface area (Å²) in [7, 11) is 0. The molecule has 126 valence electrons. The van der Waals surface area contributed by atoms with E-state index in [9.17, 15) is 9.59 Å². The summed E-state index contributed by atoms with van der Waals surface area (Å²) in [5.74, 6) is -1.17. The Kier molecular flexibility index (Phi) is 5.70. The molecule has 0 aromatic heterocycles. The van der Waals surface area contributed by atoms with Gasteiger partial charge in [-0.15, -0.1) is 0 Å². The Bertz CT molecular complexity index is 793. The fourth-order valence-corrected chi connectivity index (χ4v) is 2.31. The quantitative estimate of drug-likeness (QED) is 0.631. The highest BCUT2D eigenvalue weighted by Crippen LogP contribution is 2.21. The largest absolute Gasteiger partial charge is 0.449 e. The van der Waals surface area contributed by atoms with Gasteiger partial charge in [-0.05, 0) is 49.7 Å². The van der Waals surface area contributed by atoms with Crippen molar-refractivity contribution in [2.45, 2.75) is 20.0 Å². The fourth-order valence-electron chi connectivity index (χ4n) is 1.96. The van der Waals surface area contributed by atoms with Crippen LogP contribution in [0, 0.1) is 6.92 Å². The first kappa shape index (κ1) is 18.1. The van der Waals surface area contributed by atoms with Crippen molar-refractivity contribution in [1.82, 2.24) is 0 Å². The first-order valence-electron chi connectivity index (χ1n) is 7.11. The zero-order valence-corrected chi connectivity index (χ0v) is 14.6. The number of ether oxygens (including phenoxy) is 1. The Morgan fingerprint density at radius 2 is 1.75 bits per heavy atom. The van der Waals surface area contributed by atoms with Gasteiger partial charge in [0.05, 0.1) is 5.56 Å². The minimum absolute atomic E-state index is 0.151. The van der Waals surface area contributed by atoms with Crippen molar-refractivity contribution in [3.05, 3.63) is 57.6 Å². The molecule has 0 saturated carbocycles. The van der Waals surface area contributed by atoms with E-state index in [-0.39, 0.29) is 11.3 Å². The number of carbonyl (C=O) groups is 2. The van der Waals surface area contributed by atoms with Crippen LogP contribution in [-0.4, -0.2) is 18.0 Å². The van der Waals surface area contributed by atoms with Crippen molar-refractivity contribution in [1.29, 1.82) is 0 Å². The summed E-state index contributed by atoms with van der Waals surface area (Å²) in [5.41, 5.74) is 7.47. The van der Waals surface area contributed by atoms with E-state index in [1.54, 1.807) is 18.2 Å². The number of nitrogens with two attached hydrogens (primary N) is 1. The Labute approximate surface area is 149 Å². The van der Waals surface area contributed by atoms with Crippen LogP contribution in [0.1, 0.15) is 22.8 Å². The number of halogens is 2. The molecule has 0 heterocycles. The summed E-state index contributed by atoms with van der Waals surface area (Å²) in [6, 6.07) is 9.54. The van der Waals surface area contributed by atoms with Crippen LogP contribution >= 0.6 is 23.2 Å². The summed E-state index contributed by atoms with van der Waals surface area (Å²) in [4.78, 5) is 24.3. The molecular formula is C17H16Cl2N2O3. The van der Waals surface area contributed by atoms with Crippen LogP contribution < -0.4 is 11.1 Å². The van der Waals surface area contributed by atoms with Gasteiger partial charge in [-0.25, -0.2) is 4.79 Å². The Morgan fingerprint density at radius 1 is 1.12 bits per heavy atom. The van der Waals surface area contributed by atoms with Crippen LogP contribution in [0.15, 0.2) is 36.4 Å². The molecule has 0 unspecified atom stereocenters. The van der Waals surface area contributed by atoms with Crippen LogP contribution in [0.5, 0.6) is 0 Å². The molecule has 7 heteroatoms. The highest BCUT2D eigenvalue weighted by atomic mass is 35.5. The van der Waals surface area contributed by atoms with Gasteiger partial charge in [0.1, 0.15) is 0 Å². The summed E-state index contributed by atoms with van der Waals surface area (Å²) in [6.07, 6.45) is -1.01. The third-order valence-corrected chi connectivity index (χ3v) is 3.81. The Balaban J connectivity index is 2.05. The van der Waals surface area contributed by atoms with Gasteiger partial charge in [0.15, 0.2) is 6.10 Å². The second-order valence-electron chi connectivity index (χ2n) is 5.23. The maximum atomic E-state index is 12.2. The van der Waals surface area contributed by atoms with Crippen molar-refractivity contribution in [3.8, 4) is 0 Å². The zero-order chi connectivity index (χ0) is 17.9. The second-order valence-corrected chi connectivity index (χ2v) is 6.10. The first-order chi connectivity index (χ1) is 11.3. The molecular weight excluding hydrogens is 351 g/mol. The lowest BCUT2D eigenvalue weighted by Crippen LogP contribution is -2.30. The lowest BCUT2D eigenvalue weighted by molar-refractivity contribution is -0.123. The van der Waals surface area contributed by atoms with Crippen molar-refractivity contribution >= 4 is 46.5 Å². The van der Waals surface area contributed by atoms with E-state index in [0.29, 0.717) is 15.7 Å². The molecule has 0 spiro atoms. The molecule has 0 fully saturated rings. The standard InChI is InChI=1S/C17H16Cl2N2O3/c1-9-3-4-12(19)8-15(9)21-16(22)10(2)24-17(23)13-6-5-11(18)7-14(13)20/h3-8,10H,20H2,1-2H3,(H,21,22)/t10-/m1/s1. The van der Waals surface area contributed by atoms with Crippen LogP contribution in [0.4, 0.5) is 11.4 Å². The predicted octanol–water partition coefficient (Wildman–Crippen LogP) is 4.07. The van der Waals surface area contributed by atoms with Gasteiger partial charge >= 0.3 is 5.97 Å². The van der Waals surface area contributed by atoms with E-state index < -0.39 is 18.0 Å². The Hall–Kier alpha value is -2.24. The van der Waals surface area contributed by atoms with Crippen molar-refractivity contribution in [2.24, 2.45) is 0 Å². The van der Waals surface area contributed by atoms with Gasteiger partial charge < -0.3 is 15.8 Å². The number of anilines is 2. The van der Waals surface area contributed by atoms with E-state index in [0.717, 1.165) is 5.56 Å². The molecule has 0 aliphatic carbocycles. The van der Waals surface area contributed by atoms with E-state index >= 15 is 0 Å². The zero-order valence-electron chi connectivity index (χ0n) is 13.1. The van der Waals surface area contributed by atoms with Gasteiger partial charge in [-0.2, -0.15) is 0 Å². The van der Waals surface area contributed by atoms with Crippen LogP contribution in [0.3, 0.4) is 0 Å². The molecule has 1 atom stereocenters. The van der Waals surface area contributed by atoms with Gasteiger partial charge in [0.25, 0.3) is 5.91 Å². The van der Waals surface area contributed by atoms with Crippen molar-refractivity contribution in [3.63, 3.8) is 0 Å². The molecule has 0 bridgehead atoms. The van der Waals surface area contributed by atoms with Crippen LogP contribution in [0.2, 0.25) is 10.0 Å². The summed E-state index contributed by atoms with van der Waals surface area (Å²) in [5, 5.41) is 3.58. The predicted molar refractivity (Wildman–Crippen MR) is 95.6 cm³/mol. The third-order valence-electron chi connectivity index (χ3n) is 3.34. The van der Waals surface area contributed by atoms with Crippen molar-refractivity contribution in [2.75, 3.05) is 11.1 Å². The topological polar surface area (TPSA) is 81.4 Å². The molecule has 0 aliphatic heterocycles. The summed E-state index contributed by atoms with van der Waals surface area (Å²) < 4.78 is 5.15. The van der Waals surface area contributed by atoms with Crippen molar-refractivity contribution < 1.29 is 14.3 Å². The summed E-state index contributed by atoms with van der Waals surface area (Å²) in [6.45, 7) is 3.30.